The molecular formula is C13H25N3O3S. The van der Waals surface area contributed by atoms with Crippen LogP contribution in [0.1, 0.15) is 33.1 Å². The zero-order valence-corrected chi connectivity index (χ0v) is 13.1. The monoisotopic (exact) mass is 303 g/mol. The molecule has 0 aromatic rings. The summed E-state index contributed by atoms with van der Waals surface area (Å²) in [6, 6.07) is 0.300. The number of rotatable bonds is 6. The number of sulfone groups is 1. The molecule has 0 aromatic carbocycles. The van der Waals surface area contributed by atoms with Crippen LogP contribution >= 0.6 is 0 Å². The van der Waals surface area contributed by atoms with Gasteiger partial charge in [0.2, 0.25) is 0 Å². The molecular weight excluding hydrogens is 278 g/mol. The van der Waals surface area contributed by atoms with Gasteiger partial charge in [-0.2, -0.15) is 0 Å². The van der Waals surface area contributed by atoms with Crippen LogP contribution in [-0.4, -0.2) is 57.2 Å². The van der Waals surface area contributed by atoms with Gasteiger partial charge in [0.15, 0.2) is 15.8 Å². The predicted octanol–water partition coefficient (Wildman–Crippen LogP) is 0.296. The molecule has 3 unspecified atom stereocenters. The SMILES string of the molecule is CCNC(=NCCS(=O)(=O)CC)NC1CC2CCC1O2. The second-order valence-electron chi connectivity index (χ2n) is 5.36. The number of ether oxygens (including phenoxy) is 1. The Hall–Kier alpha value is -0.820. The fourth-order valence-corrected chi connectivity index (χ4v) is 3.38. The second kappa shape index (κ2) is 6.76. The van der Waals surface area contributed by atoms with Crippen molar-refractivity contribution in [3.63, 3.8) is 0 Å². The second-order valence-corrected chi connectivity index (χ2v) is 7.83. The van der Waals surface area contributed by atoms with Crippen LogP contribution in [0.5, 0.6) is 0 Å². The summed E-state index contributed by atoms with van der Waals surface area (Å²) in [5.74, 6) is 0.972. The molecule has 2 saturated heterocycles. The summed E-state index contributed by atoms with van der Waals surface area (Å²) < 4.78 is 28.7. The first kappa shape index (κ1) is 15.6. The first-order valence-corrected chi connectivity index (χ1v) is 9.27. The van der Waals surface area contributed by atoms with Crippen LogP contribution in [0.3, 0.4) is 0 Å². The van der Waals surface area contributed by atoms with Gasteiger partial charge in [-0.25, -0.2) is 8.42 Å². The van der Waals surface area contributed by atoms with Crippen molar-refractivity contribution in [3.8, 4) is 0 Å². The van der Waals surface area contributed by atoms with Crippen molar-refractivity contribution in [2.75, 3.05) is 24.6 Å². The zero-order chi connectivity index (χ0) is 14.6. The highest BCUT2D eigenvalue weighted by Crippen LogP contribution is 2.34. The van der Waals surface area contributed by atoms with E-state index in [1.807, 2.05) is 6.92 Å². The molecule has 0 spiro atoms. The van der Waals surface area contributed by atoms with Crippen molar-refractivity contribution in [1.29, 1.82) is 0 Å². The fourth-order valence-electron chi connectivity index (χ4n) is 2.73. The molecule has 3 atom stereocenters. The molecule has 20 heavy (non-hydrogen) atoms. The molecule has 6 nitrogen and oxygen atoms in total. The van der Waals surface area contributed by atoms with Crippen molar-refractivity contribution < 1.29 is 13.2 Å². The Morgan fingerprint density at radius 1 is 1.35 bits per heavy atom. The Bertz CT molecular complexity index is 450. The lowest BCUT2D eigenvalue weighted by molar-refractivity contribution is 0.0992. The summed E-state index contributed by atoms with van der Waals surface area (Å²) in [6.07, 6.45) is 3.95. The van der Waals surface area contributed by atoms with E-state index in [1.165, 1.54) is 0 Å². The Balaban J connectivity index is 1.86. The van der Waals surface area contributed by atoms with E-state index in [0.717, 1.165) is 25.8 Å². The maximum Gasteiger partial charge on any atom is 0.191 e. The number of nitrogens with one attached hydrogen (secondary N) is 2. The average Bonchev–Trinajstić information content (AvgIpc) is 3.01. The lowest BCUT2D eigenvalue weighted by atomic mass is 9.96. The van der Waals surface area contributed by atoms with Crippen LogP contribution in [-0.2, 0) is 14.6 Å². The maximum absolute atomic E-state index is 11.5. The van der Waals surface area contributed by atoms with Crippen LogP contribution in [0.15, 0.2) is 4.99 Å². The molecule has 116 valence electrons. The zero-order valence-electron chi connectivity index (χ0n) is 12.3. The van der Waals surface area contributed by atoms with Crippen LogP contribution in [0.4, 0.5) is 0 Å². The molecule has 0 saturated carbocycles. The van der Waals surface area contributed by atoms with E-state index in [4.69, 9.17) is 4.74 Å². The van der Waals surface area contributed by atoms with Gasteiger partial charge in [0, 0.05) is 12.3 Å². The molecule has 2 bridgehead atoms. The number of hydrogen-bond donors (Lipinski definition) is 2. The molecule has 2 aliphatic heterocycles. The van der Waals surface area contributed by atoms with Crippen LogP contribution in [0.2, 0.25) is 0 Å². The molecule has 2 aliphatic rings. The van der Waals surface area contributed by atoms with Crippen molar-refractivity contribution in [1.82, 2.24) is 10.6 Å². The van der Waals surface area contributed by atoms with Gasteiger partial charge in [-0.1, -0.05) is 6.92 Å². The average molecular weight is 303 g/mol. The summed E-state index contributed by atoms with van der Waals surface area (Å²) in [5, 5.41) is 6.53. The van der Waals surface area contributed by atoms with Gasteiger partial charge in [0.1, 0.15) is 0 Å². The van der Waals surface area contributed by atoms with Gasteiger partial charge in [0.25, 0.3) is 0 Å². The third kappa shape index (κ3) is 4.09. The minimum atomic E-state index is -2.95. The lowest BCUT2D eigenvalue weighted by Crippen LogP contribution is -2.47. The Morgan fingerprint density at radius 2 is 2.15 bits per heavy atom. The summed E-state index contributed by atoms with van der Waals surface area (Å²) in [4.78, 5) is 4.35. The van der Waals surface area contributed by atoms with Crippen molar-refractivity contribution >= 4 is 15.8 Å². The third-order valence-corrected chi connectivity index (χ3v) is 5.57. The lowest BCUT2D eigenvalue weighted by Gasteiger charge is -2.22. The van der Waals surface area contributed by atoms with E-state index >= 15 is 0 Å². The van der Waals surface area contributed by atoms with Crippen molar-refractivity contribution in [2.45, 2.75) is 51.4 Å². The quantitative estimate of drug-likeness (QED) is 0.545. The minimum Gasteiger partial charge on any atom is -0.373 e. The summed E-state index contributed by atoms with van der Waals surface area (Å²) in [5.41, 5.74) is 0. The highest BCUT2D eigenvalue weighted by atomic mass is 32.2. The Kier molecular flexibility index (Phi) is 5.26. The molecule has 0 aromatic heterocycles. The van der Waals surface area contributed by atoms with E-state index in [0.29, 0.717) is 24.7 Å². The molecule has 0 aliphatic carbocycles. The molecule has 2 rings (SSSR count). The van der Waals surface area contributed by atoms with Gasteiger partial charge >= 0.3 is 0 Å². The van der Waals surface area contributed by atoms with Gasteiger partial charge in [-0.05, 0) is 26.2 Å². The highest BCUT2D eigenvalue weighted by Gasteiger charge is 2.41. The highest BCUT2D eigenvalue weighted by molar-refractivity contribution is 7.91. The number of fused-ring (bicyclic) bond motifs is 2. The van der Waals surface area contributed by atoms with E-state index in [2.05, 4.69) is 15.6 Å². The smallest absolute Gasteiger partial charge is 0.191 e. The van der Waals surface area contributed by atoms with Crippen LogP contribution in [0.25, 0.3) is 0 Å². The van der Waals surface area contributed by atoms with E-state index < -0.39 is 9.84 Å². The van der Waals surface area contributed by atoms with E-state index in [1.54, 1.807) is 6.92 Å². The van der Waals surface area contributed by atoms with Crippen molar-refractivity contribution in [2.24, 2.45) is 4.99 Å². The third-order valence-electron chi connectivity index (χ3n) is 3.88. The van der Waals surface area contributed by atoms with Crippen molar-refractivity contribution in [3.05, 3.63) is 0 Å². The van der Waals surface area contributed by atoms with Gasteiger partial charge < -0.3 is 15.4 Å². The predicted molar refractivity (Wildman–Crippen MR) is 79.7 cm³/mol. The number of hydrogen-bond acceptors (Lipinski definition) is 4. The molecule has 7 heteroatoms. The van der Waals surface area contributed by atoms with E-state index in [9.17, 15) is 8.42 Å². The Morgan fingerprint density at radius 3 is 2.70 bits per heavy atom. The van der Waals surface area contributed by atoms with Crippen LogP contribution in [0, 0.1) is 0 Å². The van der Waals surface area contributed by atoms with Gasteiger partial charge in [-0.3, -0.25) is 4.99 Å². The fraction of sp³-hybridized carbons (Fsp3) is 0.923. The normalized spacial score (nSPS) is 29.7. The summed E-state index contributed by atoms with van der Waals surface area (Å²) in [6.45, 7) is 4.72. The van der Waals surface area contributed by atoms with Crippen LogP contribution < -0.4 is 10.6 Å². The standard InChI is InChI=1S/C13H25N3O3S/c1-3-14-13(15-7-8-20(17,18)4-2)16-11-9-10-5-6-12(11)19-10/h10-12H,3-9H2,1-2H3,(H2,14,15,16). The summed E-state index contributed by atoms with van der Waals surface area (Å²) >= 11 is 0. The molecule has 0 amide bonds. The molecule has 2 fully saturated rings. The molecule has 2 heterocycles. The number of guanidine groups is 1. The number of nitrogens with zero attached hydrogens (tertiary/aromatic N) is 1. The first-order valence-electron chi connectivity index (χ1n) is 7.44. The number of aliphatic imine (C=N–C) groups is 1. The topological polar surface area (TPSA) is 79.8 Å². The van der Waals surface area contributed by atoms with Gasteiger partial charge in [0.05, 0.1) is 30.5 Å². The Labute approximate surface area is 121 Å². The largest absolute Gasteiger partial charge is 0.373 e. The van der Waals surface area contributed by atoms with Gasteiger partial charge in [-0.15, -0.1) is 0 Å². The summed E-state index contributed by atoms with van der Waals surface area (Å²) in [7, 11) is -2.95. The molecule has 0 radical (unpaired) electrons. The molecule has 2 N–H and O–H groups in total. The van der Waals surface area contributed by atoms with E-state index in [-0.39, 0.29) is 17.6 Å². The first-order chi connectivity index (χ1) is 9.54. The minimum absolute atomic E-state index is 0.104. The maximum atomic E-state index is 11.5.